The molecule has 0 spiro atoms. The van der Waals surface area contributed by atoms with E-state index >= 15 is 0 Å². The zero-order chi connectivity index (χ0) is 14.9. The van der Waals surface area contributed by atoms with Gasteiger partial charge in [0.1, 0.15) is 5.75 Å². The number of hydrogen-bond donors (Lipinski definition) is 1. The molecule has 1 heterocycles. The van der Waals surface area contributed by atoms with Gasteiger partial charge in [0.2, 0.25) is 0 Å². The molecule has 20 heavy (non-hydrogen) atoms. The number of amides is 1. The van der Waals surface area contributed by atoms with Crippen molar-refractivity contribution >= 4 is 15.7 Å². The molecule has 1 aromatic carbocycles. The summed E-state index contributed by atoms with van der Waals surface area (Å²) in [6.45, 7) is 4.09. The smallest absolute Gasteiger partial charge is 0.257 e. The zero-order valence-corrected chi connectivity index (χ0v) is 12.5. The Bertz CT molecular complexity index is 624. The number of phenols is 1. The molecule has 1 N–H and O–H groups in total. The number of sulfone groups is 1. The van der Waals surface area contributed by atoms with Crippen molar-refractivity contribution in [3.05, 3.63) is 29.3 Å². The second-order valence-electron chi connectivity index (χ2n) is 5.28. The van der Waals surface area contributed by atoms with E-state index < -0.39 is 15.1 Å². The van der Waals surface area contributed by atoms with Crippen LogP contribution >= 0.6 is 0 Å². The van der Waals surface area contributed by atoms with Crippen LogP contribution in [0.1, 0.15) is 29.3 Å². The molecule has 2 rings (SSSR count). The molecule has 5 nitrogen and oxygen atoms in total. The van der Waals surface area contributed by atoms with Crippen LogP contribution in [-0.4, -0.2) is 48.4 Å². The number of phenolic OH excluding ortho intramolecular Hbond substituents is 1. The van der Waals surface area contributed by atoms with E-state index in [1.165, 1.54) is 11.0 Å². The molecule has 0 aromatic heterocycles. The largest absolute Gasteiger partial charge is 0.507 e. The van der Waals surface area contributed by atoms with Crippen LogP contribution in [0, 0.1) is 6.92 Å². The van der Waals surface area contributed by atoms with Crippen molar-refractivity contribution in [3.8, 4) is 5.75 Å². The predicted octanol–water partition coefficient (Wildman–Crippen LogP) is 1.35. The van der Waals surface area contributed by atoms with Crippen molar-refractivity contribution in [2.45, 2.75) is 25.5 Å². The lowest BCUT2D eigenvalue weighted by Crippen LogP contribution is -2.33. The summed E-state index contributed by atoms with van der Waals surface area (Å²) in [7, 11) is -3.12. The minimum Gasteiger partial charge on any atom is -0.507 e. The Balaban J connectivity index is 2.24. The molecule has 1 saturated heterocycles. The Labute approximate surface area is 119 Å². The third-order valence-electron chi connectivity index (χ3n) is 3.73. The Morgan fingerprint density at radius 3 is 2.75 bits per heavy atom. The fourth-order valence-electron chi connectivity index (χ4n) is 2.26. The van der Waals surface area contributed by atoms with E-state index in [2.05, 4.69) is 0 Å². The number of carbonyl (C=O) groups excluding carboxylic acids is 1. The first-order chi connectivity index (χ1) is 9.31. The maximum Gasteiger partial charge on any atom is 0.257 e. The molecule has 1 unspecified atom stereocenters. The monoisotopic (exact) mass is 297 g/mol. The molecule has 110 valence electrons. The molecule has 0 radical (unpaired) electrons. The number of carbonyl (C=O) groups is 1. The van der Waals surface area contributed by atoms with E-state index in [0.29, 0.717) is 13.0 Å². The second-order valence-corrected chi connectivity index (χ2v) is 7.82. The molecule has 0 bridgehead atoms. The van der Waals surface area contributed by atoms with Gasteiger partial charge in [-0.25, -0.2) is 8.42 Å². The highest BCUT2D eigenvalue weighted by atomic mass is 32.2. The number of rotatable bonds is 1. The van der Waals surface area contributed by atoms with Crippen molar-refractivity contribution in [1.29, 1.82) is 0 Å². The van der Waals surface area contributed by atoms with Gasteiger partial charge < -0.3 is 10.0 Å². The first kappa shape index (κ1) is 14.8. The highest BCUT2D eigenvalue weighted by Gasteiger charge is 2.29. The van der Waals surface area contributed by atoms with Gasteiger partial charge in [0.25, 0.3) is 5.91 Å². The van der Waals surface area contributed by atoms with Crippen LogP contribution in [0.2, 0.25) is 0 Å². The summed E-state index contributed by atoms with van der Waals surface area (Å²) in [6.07, 6.45) is 0.431. The first-order valence-electron chi connectivity index (χ1n) is 6.62. The summed E-state index contributed by atoms with van der Waals surface area (Å²) in [5.74, 6) is -0.400. The third kappa shape index (κ3) is 2.95. The molecule has 1 atom stereocenters. The van der Waals surface area contributed by atoms with Crippen LogP contribution in [0.3, 0.4) is 0 Å². The Morgan fingerprint density at radius 1 is 1.35 bits per heavy atom. The summed E-state index contributed by atoms with van der Waals surface area (Å²) >= 11 is 0. The number of hydrogen-bond acceptors (Lipinski definition) is 4. The maximum atomic E-state index is 12.4. The molecular formula is C14H19NO4S. The minimum atomic E-state index is -3.12. The summed E-state index contributed by atoms with van der Waals surface area (Å²) < 4.78 is 23.7. The lowest BCUT2D eigenvalue weighted by Gasteiger charge is -2.20. The summed E-state index contributed by atoms with van der Waals surface area (Å²) in [6, 6.07) is 4.83. The number of aromatic hydroxyl groups is 1. The van der Waals surface area contributed by atoms with E-state index in [1.54, 1.807) is 19.1 Å². The SMILES string of the molecule is Cc1ccc(O)c(C(=O)N2CCC(C)S(=O)(=O)CC2)c1. The van der Waals surface area contributed by atoms with Crippen LogP contribution in [0.4, 0.5) is 0 Å². The quantitative estimate of drug-likeness (QED) is 0.849. The number of nitrogens with zero attached hydrogens (tertiary/aromatic N) is 1. The van der Waals surface area contributed by atoms with Crippen LogP contribution in [0.5, 0.6) is 5.75 Å². The molecule has 1 aliphatic rings. The highest BCUT2D eigenvalue weighted by Crippen LogP contribution is 2.22. The molecule has 1 aliphatic heterocycles. The normalized spacial score (nSPS) is 22.3. The summed E-state index contributed by atoms with van der Waals surface area (Å²) in [5, 5.41) is 9.37. The van der Waals surface area contributed by atoms with E-state index in [4.69, 9.17) is 0 Å². The van der Waals surface area contributed by atoms with Crippen LogP contribution in [-0.2, 0) is 9.84 Å². The standard InChI is InChI=1S/C14H19NO4S/c1-10-3-4-13(16)12(9-10)14(17)15-6-5-11(2)20(18,19)8-7-15/h3-4,9,11,16H,5-8H2,1-2H3. The van der Waals surface area contributed by atoms with E-state index in [-0.39, 0.29) is 29.5 Å². The average molecular weight is 297 g/mol. The zero-order valence-electron chi connectivity index (χ0n) is 11.7. The second kappa shape index (κ2) is 5.44. The molecule has 0 saturated carbocycles. The van der Waals surface area contributed by atoms with Crippen molar-refractivity contribution in [2.75, 3.05) is 18.8 Å². The molecule has 6 heteroatoms. The van der Waals surface area contributed by atoms with Gasteiger partial charge in [-0.1, -0.05) is 11.6 Å². The lowest BCUT2D eigenvalue weighted by atomic mass is 10.1. The fraction of sp³-hybridized carbons (Fsp3) is 0.500. The summed E-state index contributed by atoms with van der Waals surface area (Å²) in [4.78, 5) is 13.9. The average Bonchev–Trinajstić information content (AvgIpc) is 2.52. The van der Waals surface area contributed by atoms with Crippen molar-refractivity contribution in [3.63, 3.8) is 0 Å². The molecule has 1 aromatic rings. The molecule has 0 aliphatic carbocycles. The van der Waals surface area contributed by atoms with Gasteiger partial charge in [0, 0.05) is 13.1 Å². The maximum absolute atomic E-state index is 12.4. The van der Waals surface area contributed by atoms with Crippen LogP contribution in [0.25, 0.3) is 0 Å². The Hall–Kier alpha value is -1.56. The van der Waals surface area contributed by atoms with Crippen molar-refractivity contribution in [2.24, 2.45) is 0 Å². The van der Waals surface area contributed by atoms with E-state index in [1.807, 2.05) is 6.92 Å². The minimum absolute atomic E-state index is 0.0213. The van der Waals surface area contributed by atoms with Crippen LogP contribution in [0.15, 0.2) is 18.2 Å². The van der Waals surface area contributed by atoms with Gasteiger partial charge in [-0.05, 0) is 32.4 Å². The van der Waals surface area contributed by atoms with E-state index in [9.17, 15) is 18.3 Å². The first-order valence-corrected chi connectivity index (χ1v) is 8.33. The van der Waals surface area contributed by atoms with Gasteiger partial charge in [0.15, 0.2) is 9.84 Å². The number of aryl methyl sites for hydroxylation is 1. The molecule has 1 fully saturated rings. The Kier molecular flexibility index (Phi) is 4.04. The van der Waals surface area contributed by atoms with Crippen molar-refractivity contribution < 1.29 is 18.3 Å². The van der Waals surface area contributed by atoms with Gasteiger partial charge in [0.05, 0.1) is 16.6 Å². The lowest BCUT2D eigenvalue weighted by molar-refractivity contribution is 0.0764. The van der Waals surface area contributed by atoms with Crippen molar-refractivity contribution in [1.82, 2.24) is 4.90 Å². The third-order valence-corrected chi connectivity index (χ3v) is 5.95. The predicted molar refractivity (Wildman–Crippen MR) is 76.6 cm³/mol. The molecular weight excluding hydrogens is 278 g/mol. The van der Waals surface area contributed by atoms with E-state index in [0.717, 1.165) is 5.56 Å². The Morgan fingerprint density at radius 2 is 2.05 bits per heavy atom. The van der Waals surface area contributed by atoms with Gasteiger partial charge in [-0.2, -0.15) is 0 Å². The fourth-order valence-corrected chi connectivity index (χ4v) is 3.60. The van der Waals surface area contributed by atoms with Crippen LogP contribution < -0.4 is 0 Å². The summed E-state index contributed by atoms with van der Waals surface area (Å²) in [5.41, 5.74) is 1.11. The van der Waals surface area contributed by atoms with Gasteiger partial charge in [-0.15, -0.1) is 0 Å². The number of benzene rings is 1. The van der Waals surface area contributed by atoms with Gasteiger partial charge >= 0.3 is 0 Å². The topological polar surface area (TPSA) is 74.7 Å². The van der Waals surface area contributed by atoms with Gasteiger partial charge in [-0.3, -0.25) is 4.79 Å². The highest BCUT2D eigenvalue weighted by molar-refractivity contribution is 7.92. The molecule has 1 amide bonds.